The lowest BCUT2D eigenvalue weighted by Gasteiger charge is -2.16. The van der Waals surface area contributed by atoms with Crippen molar-refractivity contribution in [3.63, 3.8) is 0 Å². The summed E-state index contributed by atoms with van der Waals surface area (Å²) in [5.41, 5.74) is 8.67. The van der Waals surface area contributed by atoms with Crippen LogP contribution in [0.4, 0.5) is 11.6 Å². The number of benzene rings is 2. The van der Waals surface area contributed by atoms with E-state index in [0.717, 1.165) is 62.3 Å². The molecule has 0 bridgehead atoms. The van der Waals surface area contributed by atoms with Crippen molar-refractivity contribution in [1.29, 1.82) is 0 Å². The molecule has 1 aliphatic carbocycles. The van der Waals surface area contributed by atoms with Crippen LogP contribution in [-0.4, -0.2) is 29.1 Å². The van der Waals surface area contributed by atoms with Gasteiger partial charge in [-0.15, -0.1) is 23.7 Å². The Labute approximate surface area is 295 Å². The number of aromatic nitrogens is 3. The first-order valence-electron chi connectivity index (χ1n) is 15.6. The number of allylic oxidation sites excluding steroid dienone is 4. The molecule has 1 aliphatic rings. The molecule has 5 nitrogen and oxygen atoms in total. The Bertz CT molecular complexity index is 1960. The third-order valence-corrected chi connectivity index (χ3v) is 7.76. The predicted octanol–water partition coefficient (Wildman–Crippen LogP) is 10.2. The molecule has 0 unspecified atom stereocenters. The van der Waals surface area contributed by atoms with Gasteiger partial charge >= 0.3 is 0 Å². The number of ether oxygens (including phenoxy) is 1. The molecule has 2 aromatic carbocycles. The van der Waals surface area contributed by atoms with E-state index in [1.165, 1.54) is 11.1 Å². The number of anilines is 2. The number of thiazole rings is 1. The highest BCUT2D eigenvalue weighted by atomic mass is 35.5. The summed E-state index contributed by atoms with van der Waals surface area (Å²) < 4.78 is 5.47. The van der Waals surface area contributed by atoms with Crippen LogP contribution >= 0.6 is 23.7 Å². The first-order valence-corrected chi connectivity index (χ1v) is 16.5. The third-order valence-electron chi connectivity index (χ3n) is 6.99. The fourth-order valence-corrected chi connectivity index (χ4v) is 5.10. The SMILES string of the molecule is CC.COc1ccc(C)cc1-c1ccc(C#CC2=CCC(C)=C2)cc1.Cc1nc(C#Cc2ccc(N(C)c3ccccn3)nc2)cs1.Cl. The summed E-state index contributed by atoms with van der Waals surface area (Å²) in [6.07, 6.45) is 8.88. The molecule has 7 heteroatoms. The number of nitrogens with zero attached hydrogens (tertiary/aromatic N) is 4. The molecule has 0 N–H and O–H groups in total. The number of aryl methyl sites for hydroxylation is 2. The molecule has 0 saturated carbocycles. The van der Waals surface area contributed by atoms with E-state index in [1.54, 1.807) is 30.8 Å². The van der Waals surface area contributed by atoms with Crippen LogP contribution in [0.25, 0.3) is 11.1 Å². The van der Waals surface area contributed by atoms with Crippen molar-refractivity contribution in [2.75, 3.05) is 19.1 Å². The Hall–Kier alpha value is -5.14. The Kier molecular flexibility index (Phi) is 14.7. The molecular formula is C41H41ClN4OS. The van der Waals surface area contributed by atoms with E-state index in [9.17, 15) is 0 Å². The fourth-order valence-electron chi connectivity index (χ4n) is 4.55. The van der Waals surface area contributed by atoms with Gasteiger partial charge in [0.15, 0.2) is 0 Å². The van der Waals surface area contributed by atoms with Crippen LogP contribution < -0.4 is 9.64 Å². The molecule has 0 aliphatic heterocycles. The molecule has 0 fully saturated rings. The zero-order valence-corrected chi connectivity index (χ0v) is 30.2. The second-order valence-corrected chi connectivity index (χ2v) is 11.6. The highest BCUT2D eigenvalue weighted by Crippen LogP contribution is 2.31. The molecule has 0 spiro atoms. The predicted molar refractivity (Wildman–Crippen MR) is 204 cm³/mol. The maximum Gasteiger partial charge on any atom is 0.133 e. The second kappa shape index (κ2) is 18.9. The monoisotopic (exact) mass is 672 g/mol. The van der Waals surface area contributed by atoms with Crippen molar-refractivity contribution in [2.24, 2.45) is 0 Å². The highest BCUT2D eigenvalue weighted by molar-refractivity contribution is 7.09. The molecule has 3 heterocycles. The lowest BCUT2D eigenvalue weighted by atomic mass is 10.0. The first kappa shape index (κ1) is 37.3. The minimum atomic E-state index is 0. The number of halogens is 1. The van der Waals surface area contributed by atoms with Crippen LogP contribution in [0, 0.1) is 37.5 Å². The van der Waals surface area contributed by atoms with Crippen LogP contribution in [-0.2, 0) is 0 Å². The van der Waals surface area contributed by atoms with Gasteiger partial charge in [-0.3, -0.25) is 0 Å². The van der Waals surface area contributed by atoms with E-state index < -0.39 is 0 Å². The summed E-state index contributed by atoms with van der Waals surface area (Å²) >= 11 is 1.60. The normalized spacial score (nSPS) is 10.9. The maximum atomic E-state index is 5.47. The number of hydrogen-bond acceptors (Lipinski definition) is 6. The summed E-state index contributed by atoms with van der Waals surface area (Å²) in [6.45, 7) is 10.2. The van der Waals surface area contributed by atoms with E-state index in [1.807, 2.05) is 74.5 Å². The average Bonchev–Trinajstić information content (AvgIpc) is 3.75. The minimum absolute atomic E-state index is 0. The fraction of sp³-hybridized carbons (Fsp3) is 0.195. The van der Waals surface area contributed by atoms with Gasteiger partial charge in [0.05, 0.1) is 12.1 Å². The van der Waals surface area contributed by atoms with Gasteiger partial charge in [0.1, 0.15) is 23.1 Å². The van der Waals surface area contributed by atoms with Gasteiger partial charge in [-0.25, -0.2) is 15.0 Å². The molecule has 0 saturated heterocycles. The van der Waals surface area contributed by atoms with Crippen LogP contribution in [0.15, 0.2) is 114 Å². The summed E-state index contributed by atoms with van der Waals surface area (Å²) in [5.74, 6) is 15.2. The summed E-state index contributed by atoms with van der Waals surface area (Å²) in [5, 5.41) is 2.98. The number of rotatable bonds is 4. The molecule has 6 rings (SSSR count). The van der Waals surface area contributed by atoms with Gasteiger partial charge in [-0.05, 0) is 93.3 Å². The number of methoxy groups -OCH3 is 1. The Balaban J connectivity index is 0.000000243. The second-order valence-electron chi connectivity index (χ2n) is 10.5. The zero-order chi connectivity index (χ0) is 33.6. The van der Waals surface area contributed by atoms with Gasteiger partial charge in [-0.2, -0.15) is 0 Å². The summed E-state index contributed by atoms with van der Waals surface area (Å²) in [7, 11) is 3.65. The average molecular weight is 673 g/mol. The lowest BCUT2D eigenvalue weighted by molar-refractivity contribution is 0.416. The van der Waals surface area contributed by atoms with Crippen molar-refractivity contribution in [3.05, 3.63) is 141 Å². The van der Waals surface area contributed by atoms with Crippen molar-refractivity contribution in [3.8, 4) is 40.6 Å². The Morgan fingerprint density at radius 3 is 2.15 bits per heavy atom. The van der Waals surface area contributed by atoms with Crippen molar-refractivity contribution >= 4 is 35.4 Å². The summed E-state index contributed by atoms with van der Waals surface area (Å²) in [4.78, 5) is 15.0. The smallest absolute Gasteiger partial charge is 0.133 e. The van der Waals surface area contributed by atoms with Gasteiger partial charge in [0.25, 0.3) is 0 Å². The largest absolute Gasteiger partial charge is 0.496 e. The third kappa shape index (κ3) is 10.7. The number of pyridine rings is 2. The van der Waals surface area contributed by atoms with E-state index in [-0.39, 0.29) is 12.4 Å². The van der Waals surface area contributed by atoms with E-state index in [2.05, 4.69) is 101 Å². The zero-order valence-electron chi connectivity index (χ0n) is 28.5. The minimum Gasteiger partial charge on any atom is -0.496 e. The van der Waals surface area contributed by atoms with Crippen LogP contribution in [0.1, 0.15) is 54.6 Å². The first-order chi connectivity index (χ1) is 22.9. The molecule has 0 radical (unpaired) electrons. The van der Waals surface area contributed by atoms with E-state index in [4.69, 9.17) is 4.74 Å². The molecule has 48 heavy (non-hydrogen) atoms. The van der Waals surface area contributed by atoms with Crippen molar-refractivity contribution in [2.45, 2.75) is 41.0 Å². The van der Waals surface area contributed by atoms with Crippen molar-refractivity contribution < 1.29 is 4.74 Å². The van der Waals surface area contributed by atoms with E-state index >= 15 is 0 Å². The Morgan fingerprint density at radius 2 is 1.54 bits per heavy atom. The van der Waals surface area contributed by atoms with E-state index in [0.29, 0.717) is 0 Å². The summed E-state index contributed by atoms with van der Waals surface area (Å²) in [6, 6.07) is 24.2. The van der Waals surface area contributed by atoms with Crippen LogP contribution in [0.5, 0.6) is 5.75 Å². The molecule has 0 atom stereocenters. The van der Waals surface area contributed by atoms with Gasteiger partial charge in [0, 0.05) is 47.1 Å². The molecular weight excluding hydrogens is 632 g/mol. The van der Waals surface area contributed by atoms with Gasteiger partial charge in [0.2, 0.25) is 0 Å². The Morgan fingerprint density at radius 1 is 0.812 bits per heavy atom. The molecule has 3 aromatic heterocycles. The molecule has 244 valence electrons. The maximum absolute atomic E-state index is 5.47. The standard InChI is InChI=1S/C22H20O.C17H14N4S.C2H6.ClH/c1-16-4-6-19(14-16)8-7-18-9-11-20(12-10-18)21-15-17(2)5-13-22(21)23-3;1-13-20-15(12-22-13)8-6-14-7-9-17(19-11-14)21(2)16-5-3-4-10-18-16;1-2;/h5-6,9-15H,4H2,1-3H3;3-5,7,9-12H,1-2H3;1-2H3;1H. The lowest BCUT2D eigenvalue weighted by Crippen LogP contribution is -2.12. The van der Waals surface area contributed by atoms with Crippen molar-refractivity contribution in [1.82, 2.24) is 15.0 Å². The topological polar surface area (TPSA) is 51.1 Å². The van der Waals surface area contributed by atoms with Gasteiger partial charge in [-0.1, -0.05) is 73.1 Å². The number of hydrogen-bond donors (Lipinski definition) is 0. The van der Waals surface area contributed by atoms with Crippen LogP contribution in [0.2, 0.25) is 0 Å². The highest BCUT2D eigenvalue weighted by Gasteiger charge is 2.07. The molecule has 5 aromatic rings. The molecule has 0 amide bonds. The van der Waals surface area contributed by atoms with Crippen LogP contribution in [0.3, 0.4) is 0 Å². The van der Waals surface area contributed by atoms with Gasteiger partial charge < -0.3 is 9.64 Å². The quantitative estimate of drug-likeness (QED) is 0.178.